The Hall–Kier alpha value is -3.04. The highest BCUT2D eigenvalue weighted by molar-refractivity contribution is 7.89. The van der Waals surface area contributed by atoms with Crippen molar-refractivity contribution in [2.24, 2.45) is 5.92 Å². The van der Waals surface area contributed by atoms with Crippen molar-refractivity contribution in [3.05, 3.63) is 59.7 Å². The molecule has 1 aliphatic rings. The minimum absolute atomic E-state index is 0.120. The number of carbonyl (C=O) groups is 3. The molecule has 33 heavy (non-hydrogen) atoms. The van der Waals surface area contributed by atoms with Gasteiger partial charge in [-0.15, -0.1) is 0 Å². The summed E-state index contributed by atoms with van der Waals surface area (Å²) in [5, 5.41) is 2.74. The molecule has 176 valence electrons. The topological polar surface area (TPSA) is 110 Å². The van der Waals surface area contributed by atoms with E-state index in [0.717, 1.165) is 12.8 Å². The van der Waals surface area contributed by atoms with Crippen molar-refractivity contribution >= 4 is 33.4 Å². The molecule has 1 aliphatic heterocycles. The first kappa shape index (κ1) is 24.6. The molecule has 1 amide bonds. The Morgan fingerprint density at radius 3 is 1.97 bits per heavy atom. The van der Waals surface area contributed by atoms with E-state index in [2.05, 4.69) is 5.32 Å². The molecule has 0 aromatic heterocycles. The molecule has 1 atom stereocenters. The molecule has 0 radical (unpaired) electrons. The van der Waals surface area contributed by atoms with Crippen molar-refractivity contribution < 1.29 is 27.5 Å². The molecule has 2 aromatic carbocycles. The molecule has 1 saturated heterocycles. The van der Waals surface area contributed by atoms with Crippen LogP contribution in [0.25, 0.3) is 0 Å². The van der Waals surface area contributed by atoms with Gasteiger partial charge in [-0.1, -0.05) is 13.8 Å². The number of nitrogens with one attached hydrogen (secondary N) is 1. The molecule has 2 aromatic rings. The number of anilines is 1. The maximum atomic E-state index is 12.6. The summed E-state index contributed by atoms with van der Waals surface area (Å²) in [5.41, 5.74) is 1.06. The van der Waals surface area contributed by atoms with Crippen LogP contribution in [-0.4, -0.2) is 49.6 Å². The summed E-state index contributed by atoms with van der Waals surface area (Å²) in [7, 11) is -3.57. The molecule has 0 aliphatic carbocycles. The van der Waals surface area contributed by atoms with E-state index in [1.807, 2.05) is 0 Å². The number of esters is 1. The number of hydrogen-bond acceptors (Lipinski definition) is 6. The van der Waals surface area contributed by atoms with Crippen LogP contribution in [0.1, 0.15) is 54.3 Å². The number of hydrogen-bond donors (Lipinski definition) is 1. The number of amides is 1. The van der Waals surface area contributed by atoms with Crippen LogP contribution < -0.4 is 5.32 Å². The van der Waals surface area contributed by atoms with Gasteiger partial charge in [0.1, 0.15) is 0 Å². The van der Waals surface area contributed by atoms with E-state index in [-0.39, 0.29) is 22.3 Å². The zero-order chi connectivity index (χ0) is 24.2. The van der Waals surface area contributed by atoms with Gasteiger partial charge in [0.05, 0.1) is 10.5 Å². The van der Waals surface area contributed by atoms with E-state index in [4.69, 9.17) is 4.74 Å². The van der Waals surface area contributed by atoms with Crippen molar-refractivity contribution in [3.63, 3.8) is 0 Å². The van der Waals surface area contributed by atoms with E-state index in [1.165, 1.54) is 35.5 Å². The third-order valence-corrected chi connectivity index (χ3v) is 7.32. The zero-order valence-corrected chi connectivity index (χ0v) is 19.7. The van der Waals surface area contributed by atoms with Crippen molar-refractivity contribution in [2.75, 3.05) is 18.4 Å². The molecule has 0 unspecified atom stereocenters. The Morgan fingerprint density at radius 1 is 0.879 bits per heavy atom. The maximum absolute atomic E-state index is 12.6. The second-order valence-electron chi connectivity index (χ2n) is 8.27. The Kier molecular flexibility index (Phi) is 7.65. The first-order chi connectivity index (χ1) is 15.6. The van der Waals surface area contributed by atoms with Gasteiger partial charge >= 0.3 is 5.97 Å². The molecule has 0 bridgehead atoms. The largest absolute Gasteiger partial charge is 0.451 e. The molecular formula is C24H28N2O6S. The molecule has 1 N–H and O–H groups in total. The third-order valence-electron chi connectivity index (χ3n) is 5.41. The van der Waals surface area contributed by atoms with Gasteiger partial charge in [0.25, 0.3) is 0 Å². The number of Topliss-reactive ketones (excluding diaryl/α,β-unsaturated/α-hetero) is 1. The van der Waals surface area contributed by atoms with Crippen molar-refractivity contribution in [3.8, 4) is 0 Å². The smallest absolute Gasteiger partial charge is 0.338 e. The highest BCUT2D eigenvalue weighted by atomic mass is 32.2. The summed E-state index contributed by atoms with van der Waals surface area (Å²) >= 11 is 0. The quantitative estimate of drug-likeness (QED) is 0.465. The number of nitrogens with zero attached hydrogens (tertiary/aromatic N) is 1. The van der Waals surface area contributed by atoms with Gasteiger partial charge in [0.15, 0.2) is 6.10 Å². The molecular weight excluding hydrogens is 444 g/mol. The molecule has 9 heteroatoms. The van der Waals surface area contributed by atoms with E-state index >= 15 is 0 Å². The van der Waals surface area contributed by atoms with Gasteiger partial charge in [0, 0.05) is 30.3 Å². The van der Waals surface area contributed by atoms with Gasteiger partial charge in [-0.05, 0) is 68.3 Å². The average Bonchev–Trinajstić information content (AvgIpc) is 3.35. The Balaban J connectivity index is 1.61. The summed E-state index contributed by atoms with van der Waals surface area (Å²) in [4.78, 5) is 37.0. The van der Waals surface area contributed by atoms with Crippen LogP contribution in [0.15, 0.2) is 53.4 Å². The number of rotatable bonds is 8. The van der Waals surface area contributed by atoms with E-state index in [9.17, 15) is 22.8 Å². The molecule has 1 heterocycles. The fourth-order valence-electron chi connectivity index (χ4n) is 3.36. The lowest BCUT2D eigenvalue weighted by atomic mass is 10.1. The number of sulfonamides is 1. The van der Waals surface area contributed by atoms with Crippen molar-refractivity contribution in [2.45, 2.75) is 44.6 Å². The molecule has 8 nitrogen and oxygen atoms in total. The average molecular weight is 473 g/mol. The van der Waals surface area contributed by atoms with Crippen LogP contribution in [0, 0.1) is 5.92 Å². The van der Waals surface area contributed by atoms with Crippen molar-refractivity contribution in [1.29, 1.82) is 0 Å². The lowest BCUT2D eigenvalue weighted by Crippen LogP contribution is -2.28. The standard InChI is InChI=1S/C24H28N2O6S/c1-16(2)23(28)25-20-10-6-18(7-11-20)22(27)17(3)32-24(29)19-8-12-21(13-9-19)33(30,31)26-14-4-5-15-26/h6-13,16-17H,4-5,14-15H2,1-3H3,(H,25,28)/t17-/m1/s1. The molecule has 1 fully saturated rings. The fourth-order valence-corrected chi connectivity index (χ4v) is 4.88. The van der Waals surface area contributed by atoms with Crippen LogP contribution >= 0.6 is 0 Å². The lowest BCUT2D eigenvalue weighted by Gasteiger charge is -2.16. The minimum Gasteiger partial charge on any atom is -0.451 e. The minimum atomic E-state index is -3.57. The third kappa shape index (κ3) is 5.85. The van der Waals surface area contributed by atoms with Gasteiger partial charge < -0.3 is 10.1 Å². The lowest BCUT2D eigenvalue weighted by molar-refractivity contribution is -0.118. The van der Waals surface area contributed by atoms with Crippen LogP contribution in [0.2, 0.25) is 0 Å². The number of ketones is 1. The summed E-state index contributed by atoms with van der Waals surface area (Å²) in [6.45, 7) is 6.03. The summed E-state index contributed by atoms with van der Waals surface area (Å²) in [6.07, 6.45) is 0.636. The first-order valence-electron chi connectivity index (χ1n) is 10.9. The first-order valence-corrected chi connectivity index (χ1v) is 12.3. The summed E-state index contributed by atoms with van der Waals surface area (Å²) in [6, 6.07) is 11.9. The van der Waals surface area contributed by atoms with E-state index < -0.39 is 27.9 Å². The highest BCUT2D eigenvalue weighted by Gasteiger charge is 2.27. The highest BCUT2D eigenvalue weighted by Crippen LogP contribution is 2.21. The number of ether oxygens (including phenoxy) is 1. The van der Waals surface area contributed by atoms with Crippen LogP contribution in [0.3, 0.4) is 0 Å². The zero-order valence-electron chi connectivity index (χ0n) is 18.9. The summed E-state index contributed by atoms with van der Waals surface area (Å²) in [5.74, 6) is -1.41. The van der Waals surface area contributed by atoms with Gasteiger partial charge in [-0.2, -0.15) is 4.31 Å². The van der Waals surface area contributed by atoms with Crippen LogP contribution in [-0.2, 0) is 19.6 Å². The van der Waals surface area contributed by atoms with Crippen LogP contribution in [0.4, 0.5) is 5.69 Å². The molecule has 0 spiro atoms. The van der Waals surface area contributed by atoms with Gasteiger partial charge in [-0.3, -0.25) is 9.59 Å². The fraction of sp³-hybridized carbons (Fsp3) is 0.375. The Labute approximate surface area is 194 Å². The monoisotopic (exact) mass is 472 g/mol. The SMILES string of the molecule is CC(C)C(=O)Nc1ccc(C(=O)[C@@H](C)OC(=O)c2ccc(S(=O)(=O)N3CCCC3)cc2)cc1. The van der Waals surface area contributed by atoms with Crippen molar-refractivity contribution in [1.82, 2.24) is 4.31 Å². The molecule has 0 saturated carbocycles. The maximum Gasteiger partial charge on any atom is 0.338 e. The van der Waals surface area contributed by atoms with Gasteiger partial charge in [-0.25, -0.2) is 13.2 Å². The number of benzene rings is 2. The normalized spacial score (nSPS) is 15.3. The second kappa shape index (κ2) is 10.3. The Morgan fingerprint density at radius 2 is 1.42 bits per heavy atom. The van der Waals surface area contributed by atoms with Gasteiger partial charge in [0.2, 0.25) is 21.7 Å². The van der Waals surface area contributed by atoms with E-state index in [0.29, 0.717) is 24.3 Å². The second-order valence-corrected chi connectivity index (χ2v) is 10.2. The number of carbonyl (C=O) groups excluding carboxylic acids is 3. The Bertz CT molecular complexity index is 1120. The predicted molar refractivity (Wildman–Crippen MR) is 124 cm³/mol. The summed E-state index contributed by atoms with van der Waals surface area (Å²) < 4.78 is 31.9. The predicted octanol–water partition coefficient (Wildman–Crippen LogP) is 3.49. The molecule has 3 rings (SSSR count). The van der Waals surface area contributed by atoms with E-state index in [1.54, 1.807) is 38.1 Å². The van der Waals surface area contributed by atoms with Crippen LogP contribution in [0.5, 0.6) is 0 Å².